The summed E-state index contributed by atoms with van der Waals surface area (Å²) in [6.45, 7) is 0. The maximum Gasteiger partial charge on any atom is 0.337 e. The molecule has 2 aromatic carbocycles. The Morgan fingerprint density at radius 2 is 1.73 bits per heavy atom. The van der Waals surface area contributed by atoms with E-state index in [0.717, 1.165) is 5.39 Å². The molecular formula is C18H13NO3. The molecule has 0 fully saturated rings. The molecule has 22 heavy (non-hydrogen) atoms. The van der Waals surface area contributed by atoms with E-state index in [1.54, 1.807) is 42.6 Å². The number of ether oxygens (including phenoxy) is 1. The lowest BCUT2D eigenvalue weighted by atomic mass is 9.98. The van der Waals surface area contributed by atoms with Crippen molar-refractivity contribution in [2.24, 2.45) is 0 Å². The second kappa shape index (κ2) is 5.77. The van der Waals surface area contributed by atoms with Crippen molar-refractivity contribution < 1.29 is 14.3 Å². The Morgan fingerprint density at radius 1 is 0.955 bits per heavy atom. The molecule has 0 atom stereocenters. The summed E-state index contributed by atoms with van der Waals surface area (Å²) in [6, 6.07) is 15.7. The van der Waals surface area contributed by atoms with Crippen LogP contribution in [0.3, 0.4) is 0 Å². The number of ketones is 1. The van der Waals surface area contributed by atoms with E-state index in [1.165, 1.54) is 13.2 Å². The van der Waals surface area contributed by atoms with Gasteiger partial charge in [-0.2, -0.15) is 0 Å². The molecule has 0 amide bonds. The molecule has 0 bridgehead atoms. The number of carbonyl (C=O) groups is 2. The number of nitrogens with zero attached hydrogens (tertiary/aromatic N) is 1. The predicted octanol–water partition coefficient (Wildman–Crippen LogP) is 3.25. The topological polar surface area (TPSA) is 56.3 Å². The SMILES string of the molecule is COC(=O)c1cc(C(=O)c2ccccc2)c2ncccc2c1. The third-order valence-electron chi connectivity index (χ3n) is 3.41. The van der Waals surface area contributed by atoms with Crippen LogP contribution in [0.15, 0.2) is 60.8 Å². The van der Waals surface area contributed by atoms with Crippen molar-refractivity contribution in [3.8, 4) is 0 Å². The highest BCUT2D eigenvalue weighted by atomic mass is 16.5. The van der Waals surface area contributed by atoms with Gasteiger partial charge in [-0.05, 0) is 18.2 Å². The molecular weight excluding hydrogens is 278 g/mol. The zero-order valence-corrected chi connectivity index (χ0v) is 11.9. The molecule has 0 aliphatic heterocycles. The van der Waals surface area contributed by atoms with Gasteiger partial charge in [0, 0.05) is 22.7 Å². The summed E-state index contributed by atoms with van der Waals surface area (Å²) in [5.41, 5.74) is 1.85. The fraction of sp³-hybridized carbons (Fsp3) is 0.0556. The van der Waals surface area contributed by atoms with Crippen molar-refractivity contribution in [1.82, 2.24) is 4.98 Å². The summed E-state index contributed by atoms with van der Waals surface area (Å²) in [5, 5.41) is 0.727. The van der Waals surface area contributed by atoms with E-state index in [-0.39, 0.29) is 5.78 Å². The molecule has 3 rings (SSSR count). The van der Waals surface area contributed by atoms with Gasteiger partial charge in [0.15, 0.2) is 5.78 Å². The predicted molar refractivity (Wildman–Crippen MR) is 83.0 cm³/mol. The number of aromatic nitrogens is 1. The molecule has 1 aromatic heterocycles. The summed E-state index contributed by atoms with van der Waals surface area (Å²) in [7, 11) is 1.31. The van der Waals surface area contributed by atoms with Crippen LogP contribution >= 0.6 is 0 Å². The van der Waals surface area contributed by atoms with Crippen LogP contribution in [0.25, 0.3) is 10.9 Å². The Labute approximate surface area is 127 Å². The van der Waals surface area contributed by atoms with Gasteiger partial charge in [-0.25, -0.2) is 4.79 Å². The molecule has 0 N–H and O–H groups in total. The lowest BCUT2D eigenvalue weighted by Crippen LogP contribution is -2.07. The Hall–Kier alpha value is -3.01. The molecule has 0 spiro atoms. The van der Waals surface area contributed by atoms with Crippen LogP contribution in [-0.2, 0) is 4.74 Å². The number of fused-ring (bicyclic) bond motifs is 1. The van der Waals surface area contributed by atoms with Gasteiger partial charge in [0.25, 0.3) is 0 Å². The van der Waals surface area contributed by atoms with Crippen molar-refractivity contribution in [2.45, 2.75) is 0 Å². The third-order valence-corrected chi connectivity index (χ3v) is 3.41. The number of benzene rings is 2. The molecule has 1 heterocycles. The van der Waals surface area contributed by atoms with Gasteiger partial charge in [0.05, 0.1) is 18.2 Å². The van der Waals surface area contributed by atoms with E-state index < -0.39 is 5.97 Å². The molecule has 3 aromatic rings. The molecule has 0 saturated heterocycles. The monoisotopic (exact) mass is 291 g/mol. The normalized spacial score (nSPS) is 10.4. The highest BCUT2D eigenvalue weighted by Crippen LogP contribution is 2.22. The standard InChI is InChI=1S/C18H13NO3/c1-22-18(21)14-10-13-8-5-9-19-16(13)15(11-14)17(20)12-6-3-2-4-7-12/h2-11H,1H3. The van der Waals surface area contributed by atoms with Crippen LogP contribution in [0.5, 0.6) is 0 Å². The molecule has 4 heteroatoms. The molecule has 0 unspecified atom stereocenters. The van der Waals surface area contributed by atoms with E-state index in [4.69, 9.17) is 4.74 Å². The zero-order chi connectivity index (χ0) is 15.5. The van der Waals surface area contributed by atoms with Gasteiger partial charge >= 0.3 is 5.97 Å². The van der Waals surface area contributed by atoms with Crippen molar-refractivity contribution in [3.63, 3.8) is 0 Å². The van der Waals surface area contributed by atoms with Gasteiger partial charge in [-0.1, -0.05) is 36.4 Å². The Bertz CT molecular complexity index is 857. The van der Waals surface area contributed by atoms with Crippen LogP contribution < -0.4 is 0 Å². The van der Waals surface area contributed by atoms with E-state index in [1.807, 2.05) is 12.1 Å². The summed E-state index contributed by atoms with van der Waals surface area (Å²) in [5.74, 6) is -0.650. The van der Waals surface area contributed by atoms with Crippen molar-refractivity contribution in [2.75, 3.05) is 7.11 Å². The number of methoxy groups -OCH3 is 1. The Morgan fingerprint density at radius 3 is 2.45 bits per heavy atom. The van der Waals surface area contributed by atoms with Crippen LogP contribution in [0, 0.1) is 0 Å². The fourth-order valence-corrected chi connectivity index (χ4v) is 2.35. The van der Waals surface area contributed by atoms with E-state index in [2.05, 4.69) is 4.98 Å². The minimum atomic E-state index is -0.479. The summed E-state index contributed by atoms with van der Waals surface area (Å²) >= 11 is 0. The van der Waals surface area contributed by atoms with Gasteiger partial charge in [0.2, 0.25) is 0 Å². The van der Waals surface area contributed by atoms with Crippen molar-refractivity contribution >= 4 is 22.7 Å². The quantitative estimate of drug-likeness (QED) is 0.549. The average molecular weight is 291 g/mol. The lowest BCUT2D eigenvalue weighted by Gasteiger charge is -2.08. The summed E-state index contributed by atoms with van der Waals surface area (Å²) in [6.07, 6.45) is 1.63. The minimum Gasteiger partial charge on any atom is -0.465 e. The smallest absolute Gasteiger partial charge is 0.337 e. The molecule has 0 saturated carbocycles. The van der Waals surface area contributed by atoms with Gasteiger partial charge in [-0.15, -0.1) is 0 Å². The van der Waals surface area contributed by atoms with Crippen LogP contribution in [0.2, 0.25) is 0 Å². The first-order valence-electron chi connectivity index (χ1n) is 6.77. The first-order valence-corrected chi connectivity index (χ1v) is 6.77. The third kappa shape index (κ3) is 2.46. The fourth-order valence-electron chi connectivity index (χ4n) is 2.35. The first-order chi connectivity index (χ1) is 10.7. The number of rotatable bonds is 3. The average Bonchev–Trinajstić information content (AvgIpc) is 2.60. The van der Waals surface area contributed by atoms with Crippen LogP contribution in [0.1, 0.15) is 26.3 Å². The number of carbonyl (C=O) groups excluding carboxylic acids is 2. The Kier molecular flexibility index (Phi) is 3.66. The molecule has 4 nitrogen and oxygen atoms in total. The summed E-state index contributed by atoms with van der Waals surface area (Å²) < 4.78 is 4.75. The second-order valence-electron chi connectivity index (χ2n) is 4.79. The van der Waals surface area contributed by atoms with Crippen LogP contribution in [-0.4, -0.2) is 23.8 Å². The zero-order valence-electron chi connectivity index (χ0n) is 11.9. The number of hydrogen-bond donors (Lipinski definition) is 0. The molecule has 0 radical (unpaired) electrons. The van der Waals surface area contributed by atoms with Gasteiger partial charge in [0.1, 0.15) is 0 Å². The maximum atomic E-state index is 12.7. The minimum absolute atomic E-state index is 0.171. The molecule has 108 valence electrons. The molecule has 0 aliphatic carbocycles. The van der Waals surface area contributed by atoms with Gasteiger partial charge in [-0.3, -0.25) is 9.78 Å². The van der Waals surface area contributed by atoms with Crippen molar-refractivity contribution in [1.29, 1.82) is 0 Å². The van der Waals surface area contributed by atoms with E-state index in [0.29, 0.717) is 22.2 Å². The summed E-state index contributed by atoms with van der Waals surface area (Å²) in [4.78, 5) is 28.8. The largest absolute Gasteiger partial charge is 0.465 e. The van der Waals surface area contributed by atoms with Crippen molar-refractivity contribution in [3.05, 3.63) is 77.5 Å². The van der Waals surface area contributed by atoms with E-state index in [9.17, 15) is 9.59 Å². The van der Waals surface area contributed by atoms with E-state index >= 15 is 0 Å². The second-order valence-corrected chi connectivity index (χ2v) is 4.79. The highest BCUT2D eigenvalue weighted by Gasteiger charge is 2.17. The molecule has 0 aliphatic rings. The Balaban J connectivity index is 2.23. The first kappa shape index (κ1) is 13.9. The highest BCUT2D eigenvalue weighted by molar-refractivity contribution is 6.16. The number of pyridine rings is 1. The van der Waals surface area contributed by atoms with Crippen LogP contribution in [0.4, 0.5) is 0 Å². The number of esters is 1. The van der Waals surface area contributed by atoms with Gasteiger partial charge < -0.3 is 4.74 Å². The lowest BCUT2D eigenvalue weighted by molar-refractivity contribution is 0.0601. The maximum absolute atomic E-state index is 12.7. The number of hydrogen-bond acceptors (Lipinski definition) is 4.